The molecule has 10 heteroatoms. The van der Waals surface area contributed by atoms with Gasteiger partial charge in [0.25, 0.3) is 0 Å². The molecule has 0 amide bonds. The Morgan fingerprint density at radius 2 is 1.74 bits per heavy atom. The molecule has 0 aromatic carbocycles. The Morgan fingerprint density at radius 3 is 2.11 bits per heavy atom. The lowest BCUT2D eigenvalue weighted by Gasteiger charge is -2.29. The van der Waals surface area contributed by atoms with Crippen LogP contribution in [-0.4, -0.2) is 29.0 Å². The molecule has 108 valence electrons. The monoisotopic (exact) mass is 308 g/mol. The van der Waals surface area contributed by atoms with Crippen LogP contribution in [0.3, 0.4) is 0 Å². The van der Waals surface area contributed by atoms with Gasteiger partial charge in [0.1, 0.15) is 6.61 Å². The van der Waals surface area contributed by atoms with Crippen LogP contribution in [0.1, 0.15) is 4.88 Å². The van der Waals surface area contributed by atoms with Gasteiger partial charge in [-0.25, -0.2) is 4.79 Å². The van der Waals surface area contributed by atoms with Gasteiger partial charge < -0.3 is 9.84 Å². The number of carbonyl (C=O) groups is 1. The molecule has 1 heterocycles. The average Bonchev–Trinajstić information content (AvgIpc) is 2.74. The van der Waals surface area contributed by atoms with E-state index in [4.69, 9.17) is 5.11 Å². The van der Waals surface area contributed by atoms with Crippen molar-refractivity contribution in [1.29, 1.82) is 0 Å². The van der Waals surface area contributed by atoms with Gasteiger partial charge in [0.05, 0.1) is 0 Å². The quantitative estimate of drug-likeness (QED) is 0.690. The summed E-state index contributed by atoms with van der Waals surface area (Å²) in [6, 6.07) is 2.81. The number of halogens is 6. The minimum Gasteiger partial charge on any atom is -0.457 e. The van der Waals surface area contributed by atoms with Crippen LogP contribution >= 0.6 is 11.3 Å². The van der Waals surface area contributed by atoms with E-state index < -0.39 is 30.5 Å². The number of rotatable bonds is 3. The van der Waals surface area contributed by atoms with Gasteiger partial charge in [-0.3, -0.25) is 0 Å². The van der Waals surface area contributed by atoms with E-state index >= 15 is 0 Å². The molecule has 0 radical (unpaired) electrons. The first kappa shape index (κ1) is 15.8. The molecule has 0 aliphatic rings. The summed E-state index contributed by atoms with van der Waals surface area (Å²) >= 11 is 0.969. The van der Waals surface area contributed by atoms with Gasteiger partial charge >= 0.3 is 23.9 Å². The molecule has 19 heavy (non-hydrogen) atoms. The summed E-state index contributed by atoms with van der Waals surface area (Å²) in [5.74, 6) is -2.80. The zero-order valence-electron chi connectivity index (χ0n) is 8.88. The minimum atomic E-state index is -6.22. The fraction of sp³-hybridized carbons (Fsp3) is 0.444. The zero-order chi connectivity index (χ0) is 14.9. The molecule has 0 unspecified atom stereocenters. The maximum atomic E-state index is 12.2. The van der Waals surface area contributed by atoms with Crippen molar-refractivity contribution < 1.29 is 41.0 Å². The van der Waals surface area contributed by atoms with Crippen molar-refractivity contribution in [3.63, 3.8) is 0 Å². The summed E-state index contributed by atoms with van der Waals surface area (Å²) in [6.45, 7) is -0.787. The molecule has 1 rings (SSSR count). The van der Waals surface area contributed by atoms with E-state index in [9.17, 15) is 31.1 Å². The molecular formula is C9H6F6O3S. The largest absolute Gasteiger partial charge is 0.457 e. The Bertz CT molecular complexity index is 422. The lowest BCUT2D eigenvalue weighted by molar-refractivity contribution is -0.357. The van der Waals surface area contributed by atoms with Crippen LogP contribution in [0.15, 0.2) is 17.5 Å². The highest BCUT2D eigenvalue weighted by atomic mass is 32.1. The van der Waals surface area contributed by atoms with Crippen LogP contribution in [0.5, 0.6) is 0 Å². The lowest BCUT2D eigenvalue weighted by atomic mass is 10.0. The molecule has 1 aromatic heterocycles. The molecule has 0 fully saturated rings. The minimum absolute atomic E-state index is 0.236. The molecule has 0 spiro atoms. The Morgan fingerprint density at radius 1 is 1.21 bits per heavy atom. The van der Waals surface area contributed by atoms with Gasteiger partial charge in [-0.15, -0.1) is 11.3 Å². The van der Waals surface area contributed by atoms with Crippen molar-refractivity contribution in [3.8, 4) is 0 Å². The highest BCUT2D eigenvalue weighted by Gasteiger charge is 2.76. The van der Waals surface area contributed by atoms with Crippen molar-refractivity contribution in [3.05, 3.63) is 22.4 Å². The molecule has 0 aliphatic heterocycles. The fourth-order valence-corrected chi connectivity index (χ4v) is 1.64. The highest BCUT2D eigenvalue weighted by Crippen LogP contribution is 2.43. The van der Waals surface area contributed by atoms with Crippen LogP contribution in [-0.2, 0) is 16.1 Å². The number of carbonyl (C=O) groups excluding carboxylic acids is 1. The third kappa shape index (κ3) is 3.00. The summed E-state index contributed by atoms with van der Waals surface area (Å²) in [4.78, 5) is 11.2. The number of hydrogen-bond acceptors (Lipinski definition) is 4. The van der Waals surface area contributed by atoms with Gasteiger partial charge in [0, 0.05) is 4.88 Å². The van der Waals surface area contributed by atoms with E-state index in [1.165, 1.54) is 17.5 Å². The number of aliphatic hydroxyl groups is 1. The van der Waals surface area contributed by atoms with Gasteiger partial charge in [-0.1, -0.05) is 6.07 Å². The van der Waals surface area contributed by atoms with Crippen molar-refractivity contribution in [2.75, 3.05) is 0 Å². The van der Waals surface area contributed by atoms with Crippen LogP contribution in [0.4, 0.5) is 26.3 Å². The topological polar surface area (TPSA) is 46.5 Å². The zero-order valence-corrected chi connectivity index (χ0v) is 9.70. The molecule has 0 aliphatic carbocycles. The van der Waals surface area contributed by atoms with Gasteiger partial charge in [-0.2, -0.15) is 26.3 Å². The Kier molecular flexibility index (Phi) is 4.15. The lowest BCUT2D eigenvalue weighted by Crippen LogP contribution is -2.62. The van der Waals surface area contributed by atoms with E-state index in [-0.39, 0.29) is 4.88 Å². The van der Waals surface area contributed by atoms with Crippen molar-refractivity contribution in [2.24, 2.45) is 0 Å². The summed E-state index contributed by atoms with van der Waals surface area (Å²) in [6.07, 6.45) is -12.4. The van der Waals surface area contributed by atoms with Crippen molar-refractivity contribution in [2.45, 2.75) is 24.6 Å². The molecule has 1 N–H and O–H groups in total. The molecule has 0 bridgehead atoms. The van der Waals surface area contributed by atoms with Crippen LogP contribution in [0.25, 0.3) is 0 Å². The number of alkyl halides is 6. The summed E-state index contributed by atoms with van der Waals surface area (Å²) in [5, 5.41) is 10.1. The highest BCUT2D eigenvalue weighted by molar-refractivity contribution is 7.09. The molecule has 3 nitrogen and oxygen atoms in total. The summed E-state index contributed by atoms with van der Waals surface area (Å²) in [5.41, 5.74) is -5.53. The fourth-order valence-electron chi connectivity index (χ4n) is 1.03. The van der Waals surface area contributed by atoms with Gasteiger partial charge in [0.15, 0.2) is 0 Å². The van der Waals surface area contributed by atoms with Gasteiger partial charge in [0.2, 0.25) is 0 Å². The summed E-state index contributed by atoms with van der Waals surface area (Å²) in [7, 11) is 0. The first-order valence-electron chi connectivity index (χ1n) is 4.55. The third-order valence-electron chi connectivity index (χ3n) is 2.04. The predicted octanol–water partition coefficient (Wildman–Crippen LogP) is 2.65. The molecule has 0 saturated heterocycles. The van der Waals surface area contributed by atoms with Crippen LogP contribution < -0.4 is 0 Å². The Hall–Kier alpha value is -1.29. The number of thiophene rings is 1. The normalized spacial score (nSPS) is 13.4. The van der Waals surface area contributed by atoms with Crippen LogP contribution in [0, 0.1) is 0 Å². The second-order valence-corrected chi connectivity index (χ2v) is 4.39. The Balaban J connectivity index is 2.91. The smallest absolute Gasteiger partial charge is 0.437 e. The second kappa shape index (κ2) is 5.00. The van der Waals surface area contributed by atoms with Gasteiger partial charge in [-0.05, 0) is 11.4 Å². The number of ether oxygens (including phenoxy) is 1. The van der Waals surface area contributed by atoms with E-state index in [0.29, 0.717) is 0 Å². The number of hydrogen-bond donors (Lipinski definition) is 1. The SMILES string of the molecule is O=C(OCc1cccs1)C(O)(C(F)(F)F)C(F)(F)F. The molecule has 1 aromatic rings. The van der Waals surface area contributed by atoms with Crippen molar-refractivity contribution >= 4 is 17.3 Å². The maximum Gasteiger partial charge on any atom is 0.437 e. The average molecular weight is 308 g/mol. The molecule has 0 saturated carbocycles. The molecular weight excluding hydrogens is 302 g/mol. The molecule has 0 atom stereocenters. The summed E-state index contributed by atoms with van der Waals surface area (Å²) < 4.78 is 77.4. The number of esters is 1. The third-order valence-corrected chi connectivity index (χ3v) is 2.89. The van der Waals surface area contributed by atoms with E-state index in [2.05, 4.69) is 4.74 Å². The van der Waals surface area contributed by atoms with E-state index in [1.807, 2.05) is 0 Å². The maximum absolute atomic E-state index is 12.2. The second-order valence-electron chi connectivity index (χ2n) is 3.36. The van der Waals surface area contributed by atoms with E-state index in [0.717, 1.165) is 11.3 Å². The predicted molar refractivity (Wildman–Crippen MR) is 51.2 cm³/mol. The standard InChI is InChI=1S/C9H6F6O3S/c10-8(11,12)7(17,9(13,14)15)6(16)18-4-5-2-1-3-19-5/h1-3,17H,4H2. The van der Waals surface area contributed by atoms with Crippen molar-refractivity contribution in [1.82, 2.24) is 0 Å². The van der Waals surface area contributed by atoms with Crippen LogP contribution in [0.2, 0.25) is 0 Å². The first-order chi connectivity index (χ1) is 8.50. The van der Waals surface area contributed by atoms with E-state index in [1.54, 1.807) is 0 Å². The Labute approximate surface area is 106 Å². The first-order valence-corrected chi connectivity index (χ1v) is 5.43.